The summed E-state index contributed by atoms with van der Waals surface area (Å²) in [6.07, 6.45) is 0. The van der Waals surface area contributed by atoms with Gasteiger partial charge in [0.1, 0.15) is 0 Å². The maximum Gasteiger partial charge on any atom is 0.336 e. The topological polar surface area (TPSA) is 55.4 Å². The third-order valence-electron chi connectivity index (χ3n) is 2.01. The summed E-state index contributed by atoms with van der Waals surface area (Å²) in [6.45, 7) is 3.33. The zero-order valence-corrected chi connectivity index (χ0v) is 9.40. The Morgan fingerprint density at radius 1 is 1.31 bits per heavy atom. The minimum absolute atomic E-state index is 0.262. The van der Waals surface area contributed by atoms with Crippen LogP contribution in [0.5, 0.6) is 0 Å². The van der Waals surface area contributed by atoms with Crippen LogP contribution in [0.4, 0.5) is 5.69 Å². The van der Waals surface area contributed by atoms with Crippen molar-refractivity contribution in [2.75, 3.05) is 11.9 Å². The maximum atomic E-state index is 11.5. The summed E-state index contributed by atoms with van der Waals surface area (Å²) < 4.78 is 4.82. The van der Waals surface area contributed by atoms with E-state index in [0.29, 0.717) is 0 Å². The molecule has 0 saturated carbocycles. The van der Waals surface area contributed by atoms with Crippen LogP contribution < -0.4 is 5.32 Å². The maximum absolute atomic E-state index is 11.5. The summed E-state index contributed by atoms with van der Waals surface area (Å²) in [4.78, 5) is 22.8. The van der Waals surface area contributed by atoms with E-state index in [1.807, 2.05) is 18.2 Å². The van der Waals surface area contributed by atoms with Gasteiger partial charge in [-0.1, -0.05) is 18.2 Å². The average molecular weight is 221 g/mol. The molecule has 4 heteroatoms. The standard InChI is InChI=1S/C12H15NO3/c1-3-16-12(15)11(9(2)14)13-10-7-5-4-6-8-10/h4-8,11,13H,3H2,1-2H3. The lowest BCUT2D eigenvalue weighted by Gasteiger charge is -2.15. The highest BCUT2D eigenvalue weighted by atomic mass is 16.5. The molecule has 1 unspecified atom stereocenters. The van der Waals surface area contributed by atoms with Crippen LogP contribution in [0.15, 0.2) is 30.3 Å². The van der Waals surface area contributed by atoms with Crippen molar-refractivity contribution >= 4 is 17.4 Å². The number of para-hydroxylation sites is 1. The molecule has 0 aliphatic carbocycles. The number of hydrogen-bond donors (Lipinski definition) is 1. The van der Waals surface area contributed by atoms with E-state index in [0.717, 1.165) is 5.69 Å². The molecule has 0 bridgehead atoms. The molecule has 1 aromatic carbocycles. The van der Waals surface area contributed by atoms with Crippen molar-refractivity contribution in [2.45, 2.75) is 19.9 Å². The number of rotatable bonds is 5. The van der Waals surface area contributed by atoms with Gasteiger partial charge in [0.15, 0.2) is 11.8 Å². The third-order valence-corrected chi connectivity index (χ3v) is 2.01. The highest BCUT2D eigenvalue weighted by molar-refractivity contribution is 6.04. The van der Waals surface area contributed by atoms with Gasteiger partial charge in [-0.3, -0.25) is 4.79 Å². The van der Waals surface area contributed by atoms with Gasteiger partial charge in [-0.2, -0.15) is 0 Å². The molecule has 0 aliphatic heterocycles. The lowest BCUT2D eigenvalue weighted by atomic mass is 10.2. The summed E-state index contributed by atoms with van der Waals surface area (Å²) >= 11 is 0. The van der Waals surface area contributed by atoms with Gasteiger partial charge in [-0.25, -0.2) is 4.79 Å². The molecule has 0 saturated heterocycles. The van der Waals surface area contributed by atoms with Crippen LogP contribution in [0.1, 0.15) is 13.8 Å². The molecule has 16 heavy (non-hydrogen) atoms. The number of ether oxygens (including phenoxy) is 1. The van der Waals surface area contributed by atoms with Crippen LogP contribution in [-0.2, 0) is 14.3 Å². The van der Waals surface area contributed by atoms with Gasteiger partial charge in [0.25, 0.3) is 0 Å². The molecule has 0 radical (unpaired) electrons. The summed E-state index contributed by atoms with van der Waals surface area (Å²) in [5, 5.41) is 2.84. The van der Waals surface area contributed by atoms with E-state index in [1.54, 1.807) is 19.1 Å². The van der Waals surface area contributed by atoms with Gasteiger partial charge in [0.2, 0.25) is 0 Å². The fraction of sp³-hybridized carbons (Fsp3) is 0.333. The minimum atomic E-state index is -0.928. The molecule has 0 spiro atoms. The fourth-order valence-corrected chi connectivity index (χ4v) is 1.25. The van der Waals surface area contributed by atoms with Gasteiger partial charge in [0.05, 0.1) is 6.61 Å². The van der Waals surface area contributed by atoms with E-state index in [4.69, 9.17) is 4.74 Å². The van der Waals surface area contributed by atoms with E-state index in [-0.39, 0.29) is 12.4 Å². The fourth-order valence-electron chi connectivity index (χ4n) is 1.25. The van der Waals surface area contributed by atoms with Crippen LogP contribution in [0.3, 0.4) is 0 Å². The number of anilines is 1. The molecule has 1 N–H and O–H groups in total. The summed E-state index contributed by atoms with van der Waals surface area (Å²) in [5.41, 5.74) is 0.718. The van der Waals surface area contributed by atoms with Gasteiger partial charge >= 0.3 is 5.97 Å². The predicted octanol–water partition coefficient (Wildman–Crippen LogP) is 1.62. The smallest absolute Gasteiger partial charge is 0.336 e. The Morgan fingerprint density at radius 2 is 1.94 bits per heavy atom. The minimum Gasteiger partial charge on any atom is -0.464 e. The summed E-state index contributed by atoms with van der Waals surface area (Å²) in [6, 6.07) is 8.15. The van der Waals surface area contributed by atoms with Crippen LogP contribution >= 0.6 is 0 Å². The van der Waals surface area contributed by atoms with Crippen molar-refractivity contribution in [2.24, 2.45) is 0 Å². The normalized spacial score (nSPS) is 11.6. The highest BCUT2D eigenvalue weighted by Crippen LogP contribution is 2.08. The van der Waals surface area contributed by atoms with Crippen molar-refractivity contribution in [3.8, 4) is 0 Å². The average Bonchev–Trinajstić information content (AvgIpc) is 2.27. The molecule has 1 atom stereocenters. The first-order chi connectivity index (χ1) is 7.65. The molecule has 0 fully saturated rings. The van der Waals surface area contributed by atoms with Crippen molar-refractivity contribution in [3.63, 3.8) is 0 Å². The second-order valence-electron chi connectivity index (χ2n) is 3.31. The first-order valence-corrected chi connectivity index (χ1v) is 5.13. The van der Waals surface area contributed by atoms with Gasteiger partial charge in [-0.15, -0.1) is 0 Å². The quantitative estimate of drug-likeness (QED) is 0.606. The lowest BCUT2D eigenvalue weighted by molar-refractivity contribution is -0.146. The number of carbonyl (C=O) groups is 2. The number of hydrogen-bond acceptors (Lipinski definition) is 4. The Bertz CT molecular complexity index is 362. The number of benzene rings is 1. The zero-order chi connectivity index (χ0) is 12.0. The SMILES string of the molecule is CCOC(=O)C(Nc1ccccc1)C(C)=O. The predicted molar refractivity (Wildman–Crippen MR) is 61.2 cm³/mol. The van der Waals surface area contributed by atoms with E-state index in [9.17, 15) is 9.59 Å². The van der Waals surface area contributed by atoms with E-state index >= 15 is 0 Å². The highest BCUT2D eigenvalue weighted by Gasteiger charge is 2.24. The number of ketones is 1. The Kier molecular flexibility index (Phi) is 4.51. The molecule has 4 nitrogen and oxygen atoms in total. The van der Waals surface area contributed by atoms with Crippen molar-refractivity contribution in [1.82, 2.24) is 0 Å². The van der Waals surface area contributed by atoms with E-state index in [1.165, 1.54) is 6.92 Å². The molecule has 0 aliphatic rings. The third kappa shape index (κ3) is 3.38. The summed E-state index contributed by atoms with van der Waals surface area (Å²) in [5.74, 6) is -0.804. The lowest BCUT2D eigenvalue weighted by Crippen LogP contribution is -2.37. The Labute approximate surface area is 94.6 Å². The second kappa shape index (κ2) is 5.90. The van der Waals surface area contributed by atoms with Crippen molar-refractivity contribution < 1.29 is 14.3 Å². The van der Waals surface area contributed by atoms with Gasteiger partial charge in [0, 0.05) is 5.69 Å². The number of carbonyl (C=O) groups excluding carboxylic acids is 2. The van der Waals surface area contributed by atoms with E-state index in [2.05, 4.69) is 5.32 Å². The monoisotopic (exact) mass is 221 g/mol. The van der Waals surface area contributed by atoms with Crippen LogP contribution in [0.2, 0.25) is 0 Å². The zero-order valence-electron chi connectivity index (χ0n) is 9.40. The van der Waals surface area contributed by atoms with Crippen molar-refractivity contribution in [1.29, 1.82) is 0 Å². The molecule has 0 amide bonds. The van der Waals surface area contributed by atoms with Gasteiger partial charge in [-0.05, 0) is 26.0 Å². The van der Waals surface area contributed by atoms with Gasteiger partial charge < -0.3 is 10.1 Å². The summed E-state index contributed by atoms with van der Waals surface area (Å²) in [7, 11) is 0. The second-order valence-corrected chi connectivity index (χ2v) is 3.31. The molecule has 1 rings (SSSR count). The molecule has 86 valence electrons. The number of nitrogens with one attached hydrogen (secondary N) is 1. The van der Waals surface area contributed by atoms with Crippen molar-refractivity contribution in [3.05, 3.63) is 30.3 Å². The number of Topliss-reactive ketones (excluding diaryl/α,β-unsaturated/α-hetero) is 1. The largest absolute Gasteiger partial charge is 0.464 e. The first-order valence-electron chi connectivity index (χ1n) is 5.13. The van der Waals surface area contributed by atoms with Crippen LogP contribution in [0, 0.1) is 0 Å². The van der Waals surface area contributed by atoms with Crippen LogP contribution in [0.25, 0.3) is 0 Å². The first kappa shape index (κ1) is 12.2. The molecular formula is C12H15NO3. The molecule has 1 aromatic rings. The molecular weight excluding hydrogens is 206 g/mol. The number of esters is 1. The van der Waals surface area contributed by atoms with E-state index < -0.39 is 12.0 Å². The molecule has 0 aromatic heterocycles. The Hall–Kier alpha value is -1.84. The molecule has 0 heterocycles. The van der Waals surface area contributed by atoms with Crippen LogP contribution in [-0.4, -0.2) is 24.4 Å². The Balaban J connectivity index is 2.73. The Morgan fingerprint density at radius 3 is 2.44 bits per heavy atom.